The maximum Gasteiger partial charge on any atom is 0.308 e. The number of rotatable bonds is 5. The summed E-state index contributed by atoms with van der Waals surface area (Å²) >= 11 is 2.04. The van der Waals surface area contributed by atoms with Crippen LogP contribution in [-0.2, 0) is 20.9 Å². The van der Waals surface area contributed by atoms with Crippen LogP contribution in [-0.4, -0.2) is 32.6 Å². The molecular formula is C29H22FN3O5S2. The van der Waals surface area contributed by atoms with Crippen molar-refractivity contribution in [3.63, 3.8) is 0 Å². The second-order valence-electron chi connectivity index (χ2n) is 9.66. The van der Waals surface area contributed by atoms with Crippen LogP contribution in [0.1, 0.15) is 21.9 Å². The second kappa shape index (κ2) is 10.1. The van der Waals surface area contributed by atoms with E-state index >= 15 is 0 Å². The zero-order chi connectivity index (χ0) is 28.1. The molecule has 3 atom stereocenters. The summed E-state index contributed by atoms with van der Waals surface area (Å²) in [5.74, 6) is -3.14. The van der Waals surface area contributed by atoms with Gasteiger partial charge in [0.15, 0.2) is 0 Å². The number of amides is 3. The van der Waals surface area contributed by atoms with Crippen LogP contribution >= 0.6 is 23.1 Å². The summed E-state index contributed by atoms with van der Waals surface area (Å²) in [6.07, 6.45) is 0. The van der Waals surface area contributed by atoms with E-state index < -0.39 is 39.6 Å². The Balaban J connectivity index is 1.40. The van der Waals surface area contributed by atoms with Crippen molar-refractivity contribution in [2.45, 2.75) is 29.7 Å². The first-order valence-electron chi connectivity index (χ1n) is 12.4. The number of aromatic hydroxyl groups is 1. The molecule has 8 nitrogen and oxygen atoms in total. The van der Waals surface area contributed by atoms with Gasteiger partial charge in [0.05, 0.1) is 16.6 Å². The van der Waals surface area contributed by atoms with Crippen LogP contribution in [0.15, 0.2) is 82.6 Å². The van der Waals surface area contributed by atoms with E-state index in [4.69, 9.17) is 0 Å². The van der Waals surface area contributed by atoms with Crippen LogP contribution in [0.5, 0.6) is 5.75 Å². The highest BCUT2D eigenvalue weighted by Crippen LogP contribution is 2.53. The van der Waals surface area contributed by atoms with E-state index in [9.17, 15) is 28.7 Å². The SMILES string of the molecule is Cc1ccc(N2C(=O)[C@H]3[C@H](c4ccc(F)cc4)c4sc(=O)n(CC(=O)Nc5ccc(O)cc5)c4S[C@H]3C2=O)cc1. The Morgan fingerprint density at radius 1 is 0.950 bits per heavy atom. The first-order chi connectivity index (χ1) is 19.2. The number of phenols is 1. The maximum atomic E-state index is 13.8. The van der Waals surface area contributed by atoms with Gasteiger partial charge in [-0.2, -0.15) is 0 Å². The standard InChI is InChI=1S/C29H22FN3O5S2/c1-15-2-10-19(11-3-15)33-26(36)23-22(16-4-6-17(30)7-5-16)25-28(39-24(23)27(33)37)32(29(38)40-25)14-21(35)31-18-8-12-20(34)13-9-18/h2-13,22-24,34H,14H2,1H3,(H,31,35)/t22-,23-,24+/m0/s1. The number of aromatic nitrogens is 1. The molecule has 2 aliphatic rings. The number of carbonyl (C=O) groups excluding carboxylic acids is 3. The molecule has 0 aliphatic carbocycles. The van der Waals surface area contributed by atoms with Gasteiger partial charge in [-0.3, -0.25) is 23.7 Å². The summed E-state index contributed by atoms with van der Waals surface area (Å²) in [5, 5.41) is 11.8. The Morgan fingerprint density at radius 2 is 1.62 bits per heavy atom. The molecule has 3 heterocycles. The Bertz CT molecular complexity index is 1700. The van der Waals surface area contributed by atoms with Crippen molar-refractivity contribution >= 4 is 52.2 Å². The molecule has 2 N–H and O–H groups in total. The quantitative estimate of drug-likeness (QED) is 0.268. The number of benzene rings is 3. The number of anilines is 2. The van der Waals surface area contributed by atoms with Gasteiger partial charge in [-0.1, -0.05) is 52.9 Å². The average molecular weight is 576 g/mol. The Labute approximate surface area is 236 Å². The average Bonchev–Trinajstić information content (AvgIpc) is 3.37. The van der Waals surface area contributed by atoms with Crippen molar-refractivity contribution in [1.29, 1.82) is 0 Å². The van der Waals surface area contributed by atoms with Gasteiger partial charge in [-0.05, 0) is 61.0 Å². The van der Waals surface area contributed by atoms with E-state index in [0.717, 1.165) is 28.7 Å². The normalized spacial score (nSPS) is 19.9. The fraction of sp³-hybridized carbons (Fsp3) is 0.172. The lowest BCUT2D eigenvalue weighted by Crippen LogP contribution is -2.33. The van der Waals surface area contributed by atoms with Gasteiger partial charge >= 0.3 is 4.87 Å². The number of hydrogen-bond acceptors (Lipinski definition) is 7. The van der Waals surface area contributed by atoms with E-state index in [1.165, 1.54) is 45.9 Å². The van der Waals surface area contributed by atoms with Crippen molar-refractivity contribution in [3.8, 4) is 5.75 Å². The third kappa shape index (κ3) is 4.50. The summed E-state index contributed by atoms with van der Waals surface area (Å²) in [6, 6.07) is 18.7. The molecule has 1 saturated heterocycles. The van der Waals surface area contributed by atoms with E-state index in [-0.39, 0.29) is 18.2 Å². The van der Waals surface area contributed by atoms with Gasteiger partial charge in [0.25, 0.3) is 0 Å². The zero-order valence-electron chi connectivity index (χ0n) is 21.0. The molecule has 0 radical (unpaired) electrons. The maximum absolute atomic E-state index is 13.8. The minimum absolute atomic E-state index is 0.0503. The molecule has 2 aliphatic heterocycles. The molecule has 3 amide bonds. The molecule has 0 spiro atoms. The van der Waals surface area contributed by atoms with Gasteiger partial charge in [0.1, 0.15) is 23.4 Å². The monoisotopic (exact) mass is 575 g/mol. The molecule has 0 saturated carbocycles. The van der Waals surface area contributed by atoms with Crippen LogP contribution in [0.2, 0.25) is 0 Å². The van der Waals surface area contributed by atoms with E-state index in [2.05, 4.69) is 5.32 Å². The van der Waals surface area contributed by atoms with E-state index in [1.54, 1.807) is 24.3 Å². The highest BCUT2D eigenvalue weighted by Gasteiger charge is 2.56. The van der Waals surface area contributed by atoms with Crippen LogP contribution < -0.4 is 15.1 Å². The molecule has 202 valence electrons. The van der Waals surface area contributed by atoms with E-state index in [0.29, 0.717) is 26.8 Å². The number of fused-ring (bicyclic) bond motifs is 2. The molecular weight excluding hydrogens is 553 g/mol. The van der Waals surface area contributed by atoms with Crippen LogP contribution in [0.4, 0.5) is 15.8 Å². The molecule has 4 aromatic rings. The van der Waals surface area contributed by atoms with Crippen molar-refractivity contribution in [1.82, 2.24) is 4.57 Å². The lowest BCUT2D eigenvalue weighted by atomic mass is 9.83. The van der Waals surface area contributed by atoms with Gasteiger partial charge < -0.3 is 10.4 Å². The van der Waals surface area contributed by atoms with Crippen molar-refractivity contribution in [2.75, 3.05) is 10.2 Å². The third-order valence-corrected chi connectivity index (χ3v) is 9.63. The summed E-state index contributed by atoms with van der Waals surface area (Å²) in [4.78, 5) is 55.0. The largest absolute Gasteiger partial charge is 0.508 e. The van der Waals surface area contributed by atoms with Crippen molar-refractivity contribution in [3.05, 3.63) is 104 Å². The fourth-order valence-electron chi connectivity index (χ4n) is 5.12. The van der Waals surface area contributed by atoms with Gasteiger partial charge in [-0.25, -0.2) is 9.29 Å². The highest BCUT2D eigenvalue weighted by atomic mass is 32.2. The fourth-order valence-corrected chi connectivity index (χ4v) is 7.89. The molecule has 40 heavy (non-hydrogen) atoms. The lowest BCUT2D eigenvalue weighted by molar-refractivity contribution is -0.122. The number of hydrogen-bond donors (Lipinski definition) is 2. The molecule has 11 heteroatoms. The van der Waals surface area contributed by atoms with Crippen molar-refractivity contribution in [2.24, 2.45) is 5.92 Å². The number of thiazole rings is 1. The molecule has 1 aromatic heterocycles. The predicted octanol–water partition coefficient (Wildman–Crippen LogP) is 4.50. The number of nitrogens with zero attached hydrogens (tertiary/aromatic N) is 2. The topological polar surface area (TPSA) is 109 Å². The Kier molecular flexibility index (Phi) is 6.55. The molecule has 1 fully saturated rings. The first-order valence-corrected chi connectivity index (χ1v) is 14.1. The number of phenolic OH excluding ortho intramolecular Hbond substituents is 1. The smallest absolute Gasteiger partial charge is 0.308 e. The predicted molar refractivity (Wildman–Crippen MR) is 150 cm³/mol. The van der Waals surface area contributed by atoms with Crippen LogP contribution in [0.25, 0.3) is 0 Å². The number of imide groups is 1. The number of thioether (sulfide) groups is 1. The van der Waals surface area contributed by atoms with Gasteiger partial charge in [0, 0.05) is 16.5 Å². The summed E-state index contributed by atoms with van der Waals surface area (Å²) in [5.41, 5.74) is 2.49. The summed E-state index contributed by atoms with van der Waals surface area (Å²) < 4.78 is 15.2. The molecule has 0 unspecified atom stereocenters. The number of carbonyl (C=O) groups is 3. The van der Waals surface area contributed by atoms with Gasteiger partial charge in [0.2, 0.25) is 17.7 Å². The molecule has 0 bridgehead atoms. The van der Waals surface area contributed by atoms with Crippen molar-refractivity contribution < 1.29 is 23.9 Å². The Morgan fingerprint density at radius 3 is 2.30 bits per heavy atom. The lowest BCUT2D eigenvalue weighted by Gasteiger charge is -2.30. The number of aryl methyl sites for hydroxylation is 1. The highest BCUT2D eigenvalue weighted by molar-refractivity contribution is 8.00. The Hall–Kier alpha value is -4.22. The van der Waals surface area contributed by atoms with Crippen LogP contribution in [0, 0.1) is 18.7 Å². The van der Waals surface area contributed by atoms with E-state index in [1.807, 2.05) is 19.1 Å². The van der Waals surface area contributed by atoms with Gasteiger partial charge in [-0.15, -0.1) is 0 Å². The zero-order valence-corrected chi connectivity index (χ0v) is 22.7. The van der Waals surface area contributed by atoms with Crippen LogP contribution in [0.3, 0.4) is 0 Å². The number of halogens is 1. The summed E-state index contributed by atoms with van der Waals surface area (Å²) in [6.45, 7) is 1.60. The summed E-state index contributed by atoms with van der Waals surface area (Å²) in [7, 11) is 0. The first kappa shape index (κ1) is 26.0. The molecule has 6 rings (SSSR count). The molecule has 3 aromatic carbocycles. The minimum Gasteiger partial charge on any atom is -0.508 e. The minimum atomic E-state index is -0.836. The third-order valence-electron chi connectivity index (χ3n) is 7.02. The number of nitrogens with one attached hydrogen (secondary N) is 1. The second-order valence-corrected chi connectivity index (χ2v) is 11.8.